The molecular weight excluding hydrogens is 148 g/mol. The minimum absolute atomic E-state index is 0.471. The summed E-state index contributed by atoms with van der Waals surface area (Å²) in [7, 11) is 0. The molecule has 0 aliphatic rings. The van der Waals surface area contributed by atoms with Gasteiger partial charge >= 0.3 is 0 Å². The minimum Gasteiger partial charge on any atom is -0.348 e. The van der Waals surface area contributed by atoms with E-state index in [1.807, 2.05) is 6.92 Å². The monoisotopic (exact) mass is 168 g/mol. The van der Waals surface area contributed by atoms with Gasteiger partial charge in [-0.3, -0.25) is 4.99 Å². The molecule has 0 atom stereocenters. The fraction of sp³-hybridized carbons (Fsp3) is 0.700. The van der Waals surface area contributed by atoms with E-state index in [9.17, 15) is 0 Å². The molecule has 12 heavy (non-hydrogen) atoms. The van der Waals surface area contributed by atoms with Crippen molar-refractivity contribution in [1.29, 1.82) is 0 Å². The maximum atomic E-state index is 4.31. The molecular formula is C10H20N2. The number of nitrogens with one attached hydrogen (secondary N) is 1. The molecule has 1 N–H and O–H groups in total. The number of nitrogens with zero attached hydrogens (tertiary/aromatic N) is 1. The third-order valence-corrected chi connectivity index (χ3v) is 1.69. The van der Waals surface area contributed by atoms with Crippen molar-refractivity contribution < 1.29 is 0 Å². The van der Waals surface area contributed by atoms with Crippen molar-refractivity contribution in [2.75, 3.05) is 6.54 Å². The van der Waals surface area contributed by atoms with Gasteiger partial charge < -0.3 is 5.32 Å². The summed E-state index contributed by atoms with van der Waals surface area (Å²) in [6.07, 6.45) is 0.944. The summed E-state index contributed by atoms with van der Waals surface area (Å²) >= 11 is 0. The van der Waals surface area contributed by atoms with Crippen LogP contribution >= 0.6 is 0 Å². The molecule has 0 aromatic carbocycles. The second kappa shape index (κ2) is 5.81. The lowest BCUT2D eigenvalue weighted by Crippen LogP contribution is -2.24. The van der Waals surface area contributed by atoms with Gasteiger partial charge in [0.1, 0.15) is 5.84 Å². The van der Waals surface area contributed by atoms with E-state index in [-0.39, 0.29) is 0 Å². The highest BCUT2D eigenvalue weighted by Gasteiger charge is 2.01. The van der Waals surface area contributed by atoms with Crippen molar-refractivity contribution in [2.24, 2.45) is 10.9 Å². The van der Waals surface area contributed by atoms with Crippen LogP contribution in [0.4, 0.5) is 0 Å². The molecule has 0 aromatic heterocycles. The maximum Gasteiger partial charge on any atom is 0.100 e. The van der Waals surface area contributed by atoms with Gasteiger partial charge in [0.25, 0.3) is 0 Å². The Morgan fingerprint density at radius 3 is 2.33 bits per heavy atom. The Bertz CT molecular complexity index is 169. The summed E-state index contributed by atoms with van der Waals surface area (Å²) in [5.74, 6) is 1.51. The number of hydrogen-bond acceptors (Lipinski definition) is 1. The van der Waals surface area contributed by atoms with Crippen molar-refractivity contribution in [2.45, 2.75) is 34.1 Å². The average Bonchev–Trinajstić information content (AvgIpc) is 2.03. The first-order valence-corrected chi connectivity index (χ1v) is 4.60. The molecule has 2 nitrogen and oxygen atoms in total. The summed E-state index contributed by atoms with van der Waals surface area (Å²) in [6.45, 7) is 13.1. The van der Waals surface area contributed by atoms with Crippen LogP contribution < -0.4 is 5.32 Å². The van der Waals surface area contributed by atoms with E-state index >= 15 is 0 Å². The topological polar surface area (TPSA) is 24.4 Å². The van der Waals surface area contributed by atoms with E-state index in [1.54, 1.807) is 0 Å². The Morgan fingerprint density at radius 1 is 1.42 bits per heavy atom. The maximum absolute atomic E-state index is 4.31. The van der Waals surface area contributed by atoms with E-state index in [2.05, 4.69) is 37.7 Å². The van der Waals surface area contributed by atoms with Crippen molar-refractivity contribution >= 4 is 5.84 Å². The zero-order valence-electron chi connectivity index (χ0n) is 8.65. The first kappa shape index (κ1) is 11.2. The van der Waals surface area contributed by atoms with Crippen molar-refractivity contribution in [1.82, 2.24) is 5.32 Å². The number of aliphatic imine (C=N–C) groups is 1. The van der Waals surface area contributed by atoms with Crippen LogP contribution in [-0.4, -0.2) is 12.4 Å². The number of hydrogen-bond donors (Lipinski definition) is 1. The van der Waals surface area contributed by atoms with E-state index in [1.165, 1.54) is 0 Å². The van der Waals surface area contributed by atoms with E-state index in [4.69, 9.17) is 0 Å². The number of allylic oxidation sites excluding steroid dienone is 1. The first-order valence-electron chi connectivity index (χ1n) is 4.60. The quantitative estimate of drug-likeness (QED) is 0.506. The Kier molecular flexibility index (Phi) is 5.43. The fourth-order valence-electron chi connectivity index (χ4n) is 0.760. The SMILES string of the molecule is C=C(NC(CC)=NCC)C(C)C. The Balaban J connectivity index is 4.03. The van der Waals surface area contributed by atoms with Crippen LogP contribution in [0, 0.1) is 5.92 Å². The van der Waals surface area contributed by atoms with Gasteiger partial charge in [0.2, 0.25) is 0 Å². The molecule has 0 aromatic rings. The normalized spacial score (nSPS) is 11.9. The molecule has 0 fully saturated rings. The second-order valence-electron chi connectivity index (χ2n) is 3.08. The Morgan fingerprint density at radius 2 is 2.00 bits per heavy atom. The molecule has 70 valence electrons. The molecule has 0 aliphatic carbocycles. The van der Waals surface area contributed by atoms with Gasteiger partial charge in [-0.15, -0.1) is 0 Å². The van der Waals surface area contributed by atoms with Crippen LogP contribution in [-0.2, 0) is 0 Å². The zero-order valence-corrected chi connectivity index (χ0v) is 8.65. The highest BCUT2D eigenvalue weighted by molar-refractivity contribution is 5.83. The fourth-order valence-corrected chi connectivity index (χ4v) is 0.760. The summed E-state index contributed by atoms with van der Waals surface area (Å²) in [5, 5.41) is 3.22. The van der Waals surface area contributed by atoms with Crippen LogP contribution in [0.15, 0.2) is 17.3 Å². The Hall–Kier alpha value is -0.790. The molecule has 0 unspecified atom stereocenters. The lowest BCUT2D eigenvalue weighted by atomic mass is 10.1. The van der Waals surface area contributed by atoms with Crippen molar-refractivity contribution in [3.63, 3.8) is 0 Å². The first-order chi connectivity index (χ1) is 5.61. The van der Waals surface area contributed by atoms with Gasteiger partial charge in [0.05, 0.1) is 0 Å². The van der Waals surface area contributed by atoms with Gasteiger partial charge in [0, 0.05) is 18.7 Å². The smallest absolute Gasteiger partial charge is 0.100 e. The lowest BCUT2D eigenvalue weighted by Gasteiger charge is -2.13. The summed E-state index contributed by atoms with van der Waals surface area (Å²) < 4.78 is 0. The molecule has 0 heterocycles. The van der Waals surface area contributed by atoms with Crippen molar-refractivity contribution in [3.8, 4) is 0 Å². The molecule has 0 rings (SSSR count). The van der Waals surface area contributed by atoms with Crippen molar-refractivity contribution in [3.05, 3.63) is 12.3 Å². The van der Waals surface area contributed by atoms with Gasteiger partial charge in [-0.25, -0.2) is 0 Å². The lowest BCUT2D eigenvalue weighted by molar-refractivity contribution is 0.725. The van der Waals surface area contributed by atoms with Crippen LogP contribution in [0.5, 0.6) is 0 Å². The molecule has 0 radical (unpaired) electrons. The standard InChI is InChI=1S/C10H20N2/c1-6-10(11-7-2)12-9(5)8(3)4/h8H,5-7H2,1-4H3,(H,11,12). The van der Waals surface area contributed by atoms with E-state index in [0.717, 1.165) is 24.5 Å². The number of amidine groups is 1. The molecule has 0 saturated heterocycles. The van der Waals surface area contributed by atoms with E-state index < -0.39 is 0 Å². The predicted molar refractivity (Wildman–Crippen MR) is 55.4 cm³/mol. The van der Waals surface area contributed by atoms with Gasteiger partial charge in [-0.2, -0.15) is 0 Å². The zero-order chi connectivity index (χ0) is 9.56. The van der Waals surface area contributed by atoms with Crippen LogP contribution in [0.2, 0.25) is 0 Å². The molecule has 0 saturated carbocycles. The molecule has 0 aliphatic heterocycles. The van der Waals surface area contributed by atoms with Crippen LogP contribution in [0.25, 0.3) is 0 Å². The van der Waals surface area contributed by atoms with Gasteiger partial charge in [0.15, 0.2) is 0 Å². The minimum atomic E-state index is 0.471. The second-order valence-corrected chi connectivity index (χ2v) is 3.08. The predicted octanol–water partition coefficient (Wildman–Crippen LogP) is 2.57. The largest absolute Gasteiger partial charge is 0.348 e. The average molecular weight is 168 g/mol. The number of rotatable bonds is 4. The molecule has 0 spiro atoms. The van der Waals surface area contributed by atoms with E-state index in [0.29, 0.717) is 5.92 Å². The summed E-state index contributed by atoms with van der Waals surface area (Å²) in [6, 6.07) is 0. The third-order valence-electron chi connectivity index (χ3n) is 1.69. The highest BCUT2D eigenvalue weighted by atomic mass is 15.0. The molecule has 2 heteroatoms. The highest BCUT2D eigenvalue weighted by Crippen LogP contribution is 2.02. The van der Waals surface area contributed by atoms with Gasteiger partial charge in [-0.05, 0) is 12.8 Å². The molecule has 0 amide bonds. The van der Waals surface area contributed by atoms with Crippen LogP contribution in [0.1, 0.15) is 34.1 Å². The van der Waals surface area contributed by atoms with Gasteiger partial charge in [-0.1, -0.05) is 27.4 Å². The summed E-state index contributed by atoms with van der Waals surface area (Å²) in [4.78, 5) is 4.31. The van der Waals surface area contributed by atoms with Crippen LogP contribution in [0.3, 0.4) is 0 Å². The third kappa shape index (κ3) is 4.16. The Labute approximate surface area is 75.8 Å². The summed E-state index contributed by atoms with van der Waals surface area (Å²) in [5.41, 5.74) is 1.05. The molecule has 0 bridgehead atoms.